The molecule has 0 aromatic heterocycles. The Morgan fingerprint density at radius 3 is 2.55 bits per heavy atom. The molecule has 0 aliphatic rings. The zero-order chi connectivity index (χ0) is 16.1. The topological polar surface area (TPSA) is 50.7 Å². The molecule has 0 aliphatic heterocycles. The van der Waals surface area contributed by atoms with Crippen molar-refractivity contribution in [3.8, 4) is 5.75 Å². The van der Waals surface area contributed by atoms with Gasteiger partial charge in [0, 0.05) is 0 Å². The second-order valence-electron chi connectivity index (χ2n) is 4.47. The lowest BCUT2D eigenvalue weighted by Gasteiger charge is -2.07. The van der Waals surface area contributed by atoms with Crippen LogP contribution >= 0.6 is 23.2 Å². The van der Waals surface area contributed by atoms with E-state index in [0.29, 0.717) is 27.1 Å². The van der Waals surface area contributed by atoms with E-state index in [1.165, 1.54) is 7.11 Å². The Morgan fingerprint density at radius 1 is 1.14 bits per heavy atom. The Kier molecular flexibility index (Phi) is 5.41. The molecule has 4 nitrogen and oxygen atoms in total. The van der Waals surface area contributed by atoms with Gasteiger partial charge >= 0.3 is 0 Å². The third-order valence-corrected chi connectivity index (χ3v) is 3.75. The summed E-state index contributed by atoms with van der Waals surface area (Å²) in [6, 6.07) is 12.1. The summed E-state index contributed by atoms with van der Waals surface area (Å²) >= 11 is 11.8. The fourth-order valence-electron chi connectivity index (χ4n) is 1.81. The molecular formula is C16H14Cl2N2O2. The number of hydrogen-bond acceptors (Lipinski definition) is 3. The van der Waals surface area contributed by atoms with Crippen LogP contribution in [0.3, 0.4) is 0 Å². The van der Waals surface area contributed by atoms with Crippen molar-refractivity contribution in [1.29, 1.82) is 0 Å². The van der Waals surface area contributed by atoms with Crippen LogP contribution in [-0.2, 0) is 0 Å². The van der Waals surface area contributed by atoms with Crippen LogP contribution in [0.2, 0.25) is 10.0 Å². The van der Waals surface area contributed by atoms with Gasteiger partial charge in [0.25, 0.3) is 5.91 Å². The largest absolute Gasteiger partial charge is 0.496 e. The Labute approximate surface area is 138 Å². The Bertz CT molecular complexity index is 730. The third-order valence-electron chi connectivity index (χ3n) is 3.01. The first kappa shape index (κ1) is 16.3. The zero-order valence-electron chi connectivity index (χ0n) is 12.1. The average molecular weight is 337 g/mol. The lowest BCUT2D eigenvalue weighted by atomic mass is 10.1. The number of hydrogen-bond donors (Lipinski definition) is 1. The lowest BCUT2D eigenvalue weighted by molar-refractivity contribution is 0.0952. The first-order valence-corrected chi connectivity index (χ1v) is 7.21. The van der Waals surface area contributed by atoms with Crippen LogP contribution in [0.1, 0.15) is 22.8 Å². The van der Waals surface area contributed by atoms with E-state index in [1.807, 2.05) is 0 Å². The maximum atomic E-state index is 12.1. The van der Waals surface area contributed by atoms with Gasteiger partial charge in [-0.05, 0) is 36.8 Å². The van der Waals surface area contributed by atoms with E-state index in [0.717, 1.165) is 5.56 Å². The van der Waals surface area contributed by atoms with E-state index in [2.05, 4.69) is 10.5 Å². The first-order chi connectivity index (χ1) is 10.5. The summed E-state index contributed by atoms with van der Waals surface area (Å²) in [6.07, 6.45) is 0. The van der Waals surface area contributed by atoms with Gasteiger partial charge in [0.05, 0.1) is 28.4 Å². The molecule has 6 heteroatoms. The molecule has 0 radical (unpaired) electrons. The number of methoxy groups -OCH3 is 1. The monoisotopic (exact) mass is 336 g/mol. The van der Waals surface area contributed by atoms with Crippen LogP contribution < -0.4 is 10.2 Å². The summed E-state index contributed by atoms with van der Waals surface area (Å²) in [7, 11) is 1.51. The van der Waals surface area contributed by atoms with Crippen molar-refractivity contribution in [3.63, 3.8) is 0 Å². The summed E-state index contributed by atoms with van der Waals surface area (Å²) in [4.78, 5) is 12.1. The molecular weight excluding hydrogens is 323 g/mol. The average Bonchev–Trinajstić information content (AvgIpc) is 2.54. The summed E-state index contributed by atoms with van der Waals surface area (Å²) in [5.41, 5.74) is 4.30. The van der Waals surface area contributed by atoms with Crippen molar-refractivity contribution >= 4 is 34.8 Å². The second kappa shape index (κ2) is 7.29. The molecule has 0 atom stereocenters. The second-order valence-corrected chi connectivity index (χ2v) is 5.28. The van der Waals surface area contributed by atoms with Crippen LogP contribution in [0.4, 0.5) is 0 Å². The van der Waals surface area contributed by atoms with Gasteiger partial charge < -0.3 is 4.74 Å². The molecule has 0 heterocycles. The number of carbonyl (C=O) groups excluding carboxylic acids is 1. The van der Waals surface area contributed by atoms with Gasteiger partial charge in [0.1, 0.15) is 5.75 Å². The van der Waals surface area contributed by atoms with Gasteiger partial charge in [-0.15, -0.1) is 0 Å². The predicted octanol–water partition coefficient (Wildman–Crippen LogP) is 4.16. The molecule has 1 amide bonds. The number of halogens is 2. The van der Waals surface area contributed by atoms with Crippen molar-refractivity contribution in [1.82, 2.24) is 5.43 Å². The maximum Gasteiger partial charge on any atom is 0.275 e. The molecule has 0 aliphatic carbocycles. The number of amides is 1. The zero-order valence-corrected chi connectivity index (χ0v) is 13.6. The molecule has 22 heavy (non-hydrogen) atoms. The van der Waals surface area contributed by atoms with Crippen molar-refractivity contribution in [2.45, 2.75) is 6.92 Å². The lowest BCUT2D eigenvalue weighted by Crippen LogP contribution is -2.20. The summed E-state index contributed by atoms with van der Waals surface area (Å²) in [5.74, 6) is 0.138. The molecule has 0 spiro atoms. The maximum absolute atomic E-state index is 12.1. The fraction of sp³-hybridized carbons (Fsp3) is 0.125. The Balaban J connectivity index is 2.16. The van der Waals surface area contributed by atoms with Crippen LogP contribution in [0.25, 0.3) is 0 Å². The number of benzene rings is 2. The van der Waals surface area contributed by atoms with Gasteiger partial charge in [-0.3, -0.25) is 4.79 Å². The predicted molar refractivity (Wildman–Crippen MR) is 89.1 cm³/mol. The minimum atomic E-state index is -0.350. The quantitative estimate of drug-likeness (QED) is 0.673. The highest BCUT2D eigenvalue weighted by atomic mass is 35.5. The normalized spacial score (nSPS) is 11.2. The number of carbonyl (C=O) groups is 1. The number of rotatable bonds is 4. The van der Waals surface area contributed by atoms with Crippen LogP contribution in [0.15, 0.2) is 47.6 Å². The molecule has 2 aromatic carbocycles. The van der Waals surface area contributed by atoms with Gasteiger partial charge in [-0.25, -0.2) is 5.43 Å². The standard InChI is InChI=1S/C16H14Cl2N2O2/c1-10(11-7-8-13(17)14(18)9-11)19-20-16(21)12-5-3-4-6-15(12)22-2/h3-9H,1-2H3,(H,20,21). The molecule has 0 saturated carbocycles. The minimum Gasteiger partial charge on any atom is -0.496 e. The minimum absolute atomic E-state index is 0.350. The first-order valence-electron chi connectivity index (χ1n) is 6.46. The van der Waals surface area contributed by atoms with E-state index in [1.54, 1.807) is 49.4 Å². The molecule has 0 fully saturated rings. The van der Waals surface area contributed by atoms with Crippen molar-refractivity contribution in [2.75, 3.05) is 7.11 Å². The van der Waals surface area contributed by atoms with Crippen LogP contribution in [0, 0.1) is 0 Å². The van der Waals surface area contributed by atoms with Crippen molar-refractivity contribution in [3.05, 3.63) is 63.6 Å². The SMILES string of the molecule is COc1ccccc1C(=O)NN=C(C)c1ccc(Cl)c(Cl)c1. The molecule has 114 valence electrons. The van der Waals surface area contributed by atoms with E-state index in [-0.39, 0.29) is 5.91 Å². The number of hydrazone groups is 1. The molecule has 2 aromatic rings. The fourth-order valence-corrected chi connectivity index (χ4v) is 2.11. The summed E-state index contributed by atoms with van der Waals surface area (Å²) in [6.45, 7) is 1.77. The van der Waals surface area contributed by atoms with Crippen molar-refractivity contribution in [2.24, 2.45) is 5.10 Å². The molecule has 0 unspecified atom stereocenters. The van der Waals surface area contributed by atoms with Crippen LogP contribution in [0.5, 0.6) is 5.75 Å². The smallest absolute Gasteiger partial charge is 0.275 e. The summed E-state index contributed by atoms with van der Waals surface area (Å²) in [5, 5.41) is 4.98. The van der Waals surface area contributed by atoms with Gasteiger partial charge in [-0.1, -0.05) is 41.4 Å². The van der Waals surface area contributed by atoms with Gasteiger partial charge in [0.2, 0.25) is 0 Å². The van der Waals surface area contributed by atoms with Crippen LogP contribution in [-0.4, -0.2) is 18.7 Å². The molecule has 2 rings (SSSR count). The van der Waals surface area contributed by atoms with E-state index >= 15 is 0 Å². The highest BCUT2D eigenvalue weighted by Gasteiger charge is 2.11. The van der Waals surface area contributed by atoms with E-state index in [9.17, 15) is 4.79 Å². The van der Waals surface area contributed by atoms with E-state index in [4.69, 9.17) is 27.9 Å². The van der Waals surface area contributed by atoms with Crippen molar-refractivity contribution < 1.29 is 9.53 Å². The molecule has 0 bridgehead atoms. The van der Waals surface area contributed by atoms with Gasteiger partial charge in [0.15, 0.2) is 0 Å². The van der Waals surface area contributed by atoms with E-state index < -0.39 is 0 Å². The highest BCUT2D eigenvalue weighted by Crippen LogP contribution is 2.23. The number of ether oxygens (including phenoxy) is 1. The summed E-state index contributed by atoms with van der Waals surface area (Å²) < 4.78 is 5.15. The Hall–Kier alpha value is -2.04. The highest BCUT2D eigenvalue weighted by molar-refractivity contribution is 6.42. The number of nitrogens with zero attached hydrogens (tertiary/aromatic N) is 1. The third kappa shape index (κ3) is 3.78. The van der Waals surface area contributed by atoms with Gasteiger partial charge in [-0.2, -0.15) is 5.10 Å². The molecule has 1 N–H and O–H groups in total. The Morgan fingerprint density at radius 2 is 1.86 bits per heavy atom. The number of para-hydroxylation sites is 1. The molecule has 0 saturated heterocycles. The number of nitrogens with one attached hydrogen (secondary N) is 1.